The molecular weight excluding hydrogens is 895 g/mol. The largest absolute Gasteiger partial charge is 0.479 e. The van der Waals surface area contributed by atoms with E-state index in [0.717, 1.165) is 37.1 Å². The Morgan fingerprint density at radius 1 is 0.594 bits per heavy atom. The van der Waals surface area contributed by atoms with Gasteiger partial charge in [-0.2, -0.15) is 9.98 Å². The van der Waals surface area contributed by atoms with Gasteiger partial charge in [0.2, 0.25) is 33.7 Å². The topological polar surface area (TPSA) is 402 Å². The Balaban J connectivity index is 0.000000387. The zero-order valence-electron chi connectivity index (χ0n) is 34.3. The maximum Gasteiger partial charge on any atom is 0.335 e. The number of unbranched alkanes of at least 4 members (excludes halogenated alkanes) is 3. The number of rotatable bonds is 16. The van der Waals surface area contributed by atoms with Crippen LogP contribution in [-0.2, 0) is 14.6 Å². The number of aliphatic hydroxyl groups is 5. The van der Waals surface area contributed by atoms with Crippen molar-refractivity contribution in [1.82, 2.24) is 0 Å². The number of sulfone groups is 1. The normalized spacial score (nSPS) is 14.1. The Bertz CT molecular complexity index is 2140. The monoisotopic (exact) mass is 948 g/mol. The summed E-state index contributed by atoms with van der Waals surface area (Å²) in [6, 6.07) is 26.3. The standard InChI is InChI=1S/C22H30Cl2N10.C12H12N2O2S.C6H12O7/c23-15-5-9-17(10-6-15)31-21(27)33-19(25)29-13-3-1-2-4-14-30-20(26)34-22(28)32-18-11-7-16(24)8-12-18;13-9-1-5-11(6-2-9)17(15,16)12-7-3-10(14)4-8-12;7-1-2(8)3(9)4(10)5(11)6(12)13/h5-12H,1-4,13-14H2,(H5,25,27,29,31,33)(H5,26,28,30,32,34);1-8H,13-14H2;2-5,7-11H,1H2,(H,12,13)/t;;2-,3-,4+,5-/m..1/s1. The molecule has 0 saturated carbocycles. The van der Waals surface area contributed by atoms with E-state index < -0.39 is 46.8 Å². The van der Waals surface area contributed by atoms with E-state index >= 15 is 0 Å². The summed E-state index contributed by atoms with van der Waals surface area (Å²) < 4.78 is 24.3. The molecule has 0 aliphatic rings. The minimum absolute atomic E-state index is 0.124. The van der Waals surface area contributed by atoms with Gasteiger partial charge in [0.25, 0.3) is 0 Å². The number of nitrogens with zero attached hydrogens (tertiary/aromatic N) is 4. The lowest BCUT2D eigenvalue weighted by Gasteiger charge is -2.23. The van der Waals surface area contributed by atoms with Crippen molar-refractivity contribution in [1.29, 1.82) is 0 Å². The number of anilines is 4. The first kappa shape index (κ1) is 53.9. The maximum absolute atomic E-state index is 12.2. The summed E-state index contributed by atoms with van der Waals surface area (Å²) in [5, 5.41) is 58.9. The molecule has 0 fully saturated rings. The average molecular weight is 950 g/mol. The molecule has 0 heterocycles. The van der Waals surface area contributed by atoms with Gasteiger partial charge in [-0.15, -0.1) is 0 Å². The van der Waals surface area contributed by atoms with E-state index in [1.54, 1.807) is 72.8 Å². The summed E-state index contributed by atoms with van der Waals surface area (Å²) in [7, 11) is -3.48. The molecule has 20 N–H and O–H groups in total. The third-order valence-corrected chi connectivity index (χ3v) is 10.5. The van der Waals surface area contributed by atoms with Crippen molar-refractivity contribution in [3.8, 4) is 0 Å². The number of carboxylic acids is 1. The molecule has 348 valence electrons. The van der Waals surface area contributed by atoms with Gasteiger partial charge in [0.1, 0.15) is 18.3 Å². The number of nitrogen functional groups attached to an aromatic ring is 2. The molecule has 0 aliphatic heterocycles. The fourth-order valence-corrected chi connectivity index (χ4v) is 6.31. The van der Waals surface area contributed by atoms with Crippen molar-refractivity contribution in [3.63, 3.8) is 0 Å². The number of benzene rings is 4. The molecule has 0 spiro atoms. The summed E-state index contributed by atoms with van der Waals surface area (Å²) in [5.41, 5.74) is 36.9. The van der Waals surface area contributed by atoms with Gasteiger partial charge in [0, 0.05) is 45.9 Å². The second kappa shape index (κ2) is 27.7. The van der Waals surface area contributed by atoms with Crippen LogP contribution in [-0.4, -0.2) is 113 Å². The van der Waals surface area contributed by atoms with Gasteiger partial charge in [-0.05, 0) is 110 Å². The lowest BCUT2D eigenvalue weighted by molar-refractivity contribution is -0.164. The van der Waals surface area contributed by atoms with E-state index in [4.69, 9.17) is 88.2 Å². The molecule has 4 aromatic carbocycles. The van der Waals surface area contributed by atoms with Gasteiger partial charge in [0.05, 0.1) is 16.4 Å². The zero-order valence-corrected chi connectivity index (χ0v) is 36.7. The molecular formula is C40H54Cl2N12O9S. The minimum atomic E-state index is -3.48. The highest BCUT2D eigenvalue weighted by molar-refractivity contribution is 7.91. The molecule has 4 aromatic rings. The lowest BCUT2D eigenvalue weighted by atomic mass is 10.0. The summed E-state index contributed by atoms with van der Waals surface area (Å²) in [5.74, 6) is -1.16. The second-order valence-corrected chi connectivity index (χ2v) is 16.1. The number of carboxylic acid groups (broad SMARTS) is 1. The number of nitrogens with one attached hydrogen (secondary N) is 2. The Morgan fingerprint density at radius 2 is 0.953 bits per heavy atom. The van der Waals surface area contributed by atoms with Crippen molar-refractivity contribution in [2.24, 2.45) is 42.9 Å². The number of halogens is 2. The average Bonchev–Trinajstić information content (AvgIpc) is 3.25. The number of guanidine groups is 4. The number of hydrogen-bond acceptors (Lipinski definition) is 12. The van der Waals surface area contributed by atoms with E-state index in [1.165, 1.54) is 24.3 Å². The Hall–Kier alpha value is -6.24. The first-order chi connectivity index (χ1) is 30.2. The summed E-state index contributed by atoms with van der Waals surface area (Å²) in [6.45, 7) is 0.281. The van der Waals surface area contributed by atoms with Gasteiger partial charge in [-0.25, -0.2) is 13.2 Å². The number of hydrogen-bond donors (Lipinski definition) is 14. The van der Waals surface area contributed by atoms with Gasteiger partial charge < -0.3 is 75.7 Å². The van der Waals surface area contributed by atoms with Crippen LogP contribution in [0.2, 0.25) is 10.0 Å². The van der Waals surface area contributed by atoms with Crippen molar-refractivity contribution in [2.45, 2.75) is 59.9 Å². The highest BCUT2D eigenvalue weighted by Crippen LogP contribution is 2.22. The molecule has 0 amide bonds. The summed E-state index contributed by atoms with van der Waals surface area (Å²) >= 11 is 11.7. The van der Waals surface area contributed by atoms with Crippen molar-refractivity contribution < 1.29 is 43.9 Å². The van der Waals surface area contributed by atoms with Crippen LogP contribution >= 0.6 is 23.2 Å². The van der Waals surface area contributed by atoms with Gasteiger partial charge in [0.15, 0.2) is 6.10 Å². The van der Waals surface area contributed by atoms with Crippen molar-refractivity contribution in [2.75, 3.05) is 41.8 Å². The van der Waals surface area contributed by atoms with Crippen molar-refractivity contribution in [3.05, 3.63) is 107 Å². The van der Waals surface area contributed by atoms with Crippen LogP contribution in [0.15, 0.2) is 127 Å². The number of aliphatic carboxylic acids is 1. The molecule has 4 rings (SSSR count). The van der Waals surface area contributed by atoms with Crippen LogP contribution in [0.5, 0.6) is 0 Å². The third kappa shape index (κ3) is 20.3. The van der Waals surface area contributed by atoms with E-state index in [2.05, 4.69) is 30.6 Å². The number of aliphatic hydroxyl groups excluding tert-OH is 5. The van der Waals surface area contributed by atoms with Crippen molar-refractivity contribution >= 4 is 85.6 Å². The van der Waals surface area contributed by atoms with E-state index in [-0.39, 0.29) is 33.6 Å². The second-order valence-electron chi connectivity index (χ2n) is 13.3. The van der Waals surface area contributed by atoms with Gasteiger partial charge in [-0.3, -0.25) is 9.98 Å². The zero-order chi connectivity index (χ0) is 47.8. The SMILES string of the molecule is NC(=NCCCCCCN=C(N)N=C(N)Nc1ccc(Cl)cc1)N=C(N)Nc1ccc(Cl)cc1.Nc1ccc(S(=O)(=O)c2ccc(N)cc2)cc1.O=C(O)[C@H](O)[C@@H](O)[C@H](O)[C@H](O)CO. The Morgan fingerprint density at radius 3 is 1.28 bits per heavy atom. The van der Waals surface area contributed by atoms with Gasteiger partial charge >= 0.3 is 5.97 Å². The molecule has 0 radical (unpaired) electrons. The number of aliphatic imine (C=N–C) groups is 4. The fraction of sp³-hybridized carbons (Fsp3) is 0.275. The van der Waals surface area contributed by atoms with Crippen LogP contribution < -0.4 is 45.0 Å². The predicted molar refractivity (Wildman–Crippen MR) is 251 cm³/mol. The van der Waals surface area contributed by atoms with Crippen LogP contribution in [0.3, 0.4) is 0 Å². The highest BCUT2D eigenvalue weighted by Gasteiger charge is 2.33. The first-order valence-corrected chi connectivity index (χ1v) is 21.3. The number of nitrogens with two attached hydrogens (primary N) is 6. The first-order valence-electron chi connectivity index (χ1n) is 19.1. The Labute approximate surface area is 379 Å². The predicted octanol–water partition coefficient (Wildman–Crippen LogP) is 1.53. The lowest BCUT2D eigenvalue weighted by Crippen LogP contribution is -2.48. The number of carbonyl (C=O) groups is 1. The molecule has 0 bridgehead atoms. The summed E-state index contributed by atoms with van der Waals surface area (Å²) in [4.78, 5) is 27.0. The molecule has 0 unspecified atom stereocenters. The third-order valence-electron chi connectivity index (χ3n) is 8.21. The highest BCUT2D eigenvalue weighted by atomic mass is 35.5. The molecule has 24 heteroatoms. The quantitative estimate of drug-likeness (QED) is 0.0328. The molecule has 64 heavy (non-hydrogen) atoms. The maximum atomic E-state index is 12.2. The van der Waals surface area contributed by atoms with E-state index in [9.17, 15) is 13.2 Å². The molecule has 0 saturated heterocycles. The molecule has 0 aromatic heterocycles. The summed E-state index contributed by atoms with van der Waals surface area (Å²) in [6.07, 6.45) is -4.15. The van der Waals surface area contributed by atoms with Crippen LogP contribution in [0.1, 0.15) is 25.7 Å². The fourth-order valence-electron chi connectivity index (χ4n) is 4.80. The van der Waals surface area contributed by atoms with Crippen LogP contribution in [0.4, 0.5) is 22.7 Å². The van der Waals surface area contributed by atoms with E-state index in [0.29, 0.717) is 34.5 Å². The smallest absolute Gasteiger partial charge is 0.335 e. The molecule has 21 nitrogen and oxygen atoms in total. The molecule has 0 aliphatic carbocycles. The minimum Gasteiger partial charge on any atom is -0.479 e. The van der Waals surface area contributed by atoms with Crippen LogP contribution in [0, 0.1) is 0 Å². The Kier molecular flexibility index (Phi) is 23.4. The van der Waals surface area contributed by atoms with E-state index in [1.807, 2.05) is 0 Å². The van der Waals surface area contributed by atoms with Gasteiger partial charge in [-0.1, -0.05) is 36.0 Å². The molecule has 4 atom stereocenters. The van der Waals surface area contributed by atoms with Crippen LogP contribution in [0.25, 0.3) is 0 Å².